The van der Waals surface area contributed by atoms with Gasteiger partial charge in [0.1, 0.15) is 17.3 Å². The van der Waals surface area contributed by atoms with Crippen molar-refractivity contribution in [1.29, 1.82) is 0 Å². The first-order valence-corrected chi connectivity index (χ1v) is 9.28. The van der Waals surface area contributed by atoms with Crippen LogP contribution in [0.4, 0.5) is 0 Å². The minimum atomic E-state index is -0.197. The Morgan fingerprint density at radius 2 is 1.79 bits per heavy atom. The summed E-state index contributed by atoms with van der Waals surface area (Å²) in [6.07, 6.45) is 7.43. The summed E-state index contributed by atoms with van der Waals surface area (Å²) in [7, 11) is 0. The van der Waals surface area contributed by atoms with Crippen LogP contribution in [-0.4, -0.2) is 31.5 Å². The number of aromatic hydroxyl groups is 2. The number of aryl methyl sites for hydroxylation is 1. The van der Waals surface area contributed by atoms with Gasteiger partial charge in [0.05, 0.1) is 11.7 Å². The van der Waals surface area contributed by atoms with Crippen LogP contribution in [0.5, 0.6) is 11.5 Å². The van der Waals surface area contributed by atoms with E-state index in [0.29, 0.717) is 28.6 Å². The summed E-state index contributed by atoms with van der Waals surface area (Å²) < 4.78 is 12.9. The van der Waals surface area contributed by atoms with Gasteiger partial charge in [-0.1, -0.05) is 30.3 Å². The Hall–Kier alpha value is -3.74. The molecule has 5 rings (SSSR count). The summed E-state index contributed by atoms with van der Waals surface area (Å²) >= 11 is 0. The fraction of sp³-hybridized carbons (Fsp3) is 0.182. The van der Waals surface area contributed by atoms with Gasteiger partial charge in [-0.15, -0.1) is 0 Å². The molecule has 1 unspecified atom stereocenters. The third-order valence-corrected chi connectivity index (χ3v) is 5.15. The van der Waals surface area contributed by atoms with Gasteiger partial charge in [-0.2, -0.15) is 0 Å². The molecular formula is C22H19N3O4. The zero-order chi connectivity index (χ0) is 20.0. The number of benzene rings is 2. The molecule has 7 heteroatoms. The van der Waals surface area contributed by atoms with Crippen LogP contribution in [0.25, 0.3) is 21.8 Å². The molecule has 0 aliphatic carbocycles. The van der Waals surface area contributed by atoms with Crippen molar-refractivity contribution in [3.63, 3.8) is 0 Å². The Labute approximate surface area is 166 Å². The van der Waals surface area contributed by atoms with E-state index >= 15 is 0 Å². The zero-order valence-electron chi connectivity index (χ0n) is 15.7. The first kappa shape index (κ1) is 17.4. The van der Waals surface area contributed by atoms with Crippen molar-refractivity contribution in [3.05, 3.63) is 72.2 Å². The van der Waals surface area contributed by atoms with E-state index < -0.39 is 0 Å². The molecule has 29 heavy (non-hydrogen) atoms. The normalized spacial score (nSPS) is 14.6. The second-order valence-corrected chi connectivity index (χ2v) is 7.09. The highest BCUT2D eigenvalue weighted by Gasteiger charge is 2.25. The third-order valence-electron chi connectivity index (χ3n) is 5.15. The predicted molar refractivity (Wildman–Crippen MR) is 107 cm³/mol. The SMILES string of the molecule is Cc1cnc2c(O)c3cn(C(Cc4ccccc4)C4=COCO4)cc3c(O)c2n1. The van der Waals surface area contributed by atoms with E-state index in [1.54, 1.807) is 31.8 Å². The second kappa shape index (κ2) is 6.70. The number of ether oxygens (including phenoxy) is 2. The van der Waals surface area contributed by atoms with Gasteiger partial charge in [-0.3, -0.25) is 0 Å². The minimum Gasteiger partial charge on any atom is -0.505 e. The van der Waals surface area contributed by atoms with Crippen molar-refractivity contribution >= 4 is 21.8 Å². The highest BCUT2D eigenvalue weighted by atomic mass is 16.7. The van der Waals surface area contributed by atoms with E-state index in [0.717, 1.165) is 5.56 Å². The van der Waals surface area contributed by atoms with E-state index in [1.807, 2.05) is 34.9 Å². The molecule has 4 aromatic rings. The molecule has 0 saturated carbocycles. The molecule has 146 valence electrons. The Morgan fingerprint density at radius 1 is 1.07 bits per heavy atom. The average Bonchev–Trinajstić information content (AvgIpc) is 3.41. The Balaban J connectivity index is 1.68. The highest BCUT2D eigenvalue weighted by molar-refractivity contribution is 6.07. The Kier molecular flexibility index (Phi) is 4.01. The van der Waals surface area contributed by atoms with Crippen LogP contribution in [0.2, 0.25) is 0 Å². The molecule has 0 bridgehead atoms. The molecule has 0 saturated heterocycles. The fourth-order valence-corrected chi connectivity index (χ4v) is 3.72. The molecule has 0 fully saturated rings. The van der Waals surface area contributed by atoms with E-state index in [2.05, 4.69) is 9.97 Å². The molecule has 2 N–H and O–H groups in total. The summed E-state index contributed by atoms with van der Waals surface area (Å²) in [5.74, 6) is 0.679. The van der Waals surface area contributed by atoms with Crippen molar-refractivity contribution in [2.75, 3.05) is 6.79 Å². The molecule has 2 aromatic carbocycles. The van der Waals surface area contributed by atoms with Crippen molar-refractivity contribution < 1.29 is 19.7 Å². The number of hydrogen-bond donors (Lipinski definition) is 2. The molecule has 0 radical (unpaired) electrons. The quantitative estimate of drug-likeness (QED) is 0.514. The number of fused-ring (bicyclic) bond motifs is 2. The maximum Gasteiger partial charge on any atom is 0.229 e. The van der Waals surface area contributed by atoms with Gasteiger partial charge in [0.15, 0.2) is 17.3 Å². The molecule has 1 aliphatic heterocycles. The molecule has 0 amide bonds. The minimum absolute atomic E-state index is 0.00113. The lowest BCUT2D eigenvalue weighted by Crippen LogP contribution is -2.13. The molecule has 7 nitrogen and oxygen atoms in total. The van der Waals surface area contributed by atoms with Crippen molar-refractivity contribution in [1.82, 2.24) is 14.5 Å². The van der Waals surface area contributed by atoms with Gasteiger partial charge in [-0.25, -0.2) is 9.97 Å². The number of rotatable bonds is 4. The summed E-state index contributed by atoms with van der Waals surface area (Å²) in [6.45, 7) is 1.97. The molecular weight excluding hydrogens is 370 g/mol. The first-order chi connectivity index (χ1) is 14.1. The van der Waals surface area contributed by atoms with Crippen molar-refractivity contribution in [2.24, 2.45) is 0 Å². The lowest BCUT2D eigenvalue weighted by molar-refractivity contribution is 0.0712. The van der Waals surface area contributed by atoms with E-state index in [1.165, 1.54) is 0 Å². The Morgan fingerprint density at radius 3 is 2.48 bits per heavy atom. The summed E-state index contributed by atoms with van der Waals surface area (Å²) in [5, 5.41) is 22.6. The topological polar surface area (TPSA) is 89.6 Å². The number of phenols is 2. The molecule has 1 atom stereocenters. The van der Waals surface area contributed by atoms with E-state index in [9.17, 15) is 10.2 Å². The average molecular weight is 389 g/mol. The van der Waals surface area contributed by atoms with Crippen LogP contribution in [0.15, 0.2) is 60.9 Å². The molecule has 0 spiro atoms. The van der Waals surface area contributed by atoms with Crippen molar-refractivity contribution in [3.8, 4) is 11.5 Å². The molecule has 3 heterocycles. The highest BCUT2D eigenvalue weighted by Crippen LogP contribution is 2.41. The molecule has 2 aromatic heterocycles. The van der Waals surface area contributed by atoms with Crippen molar-refractivity contribution in [2.45, 2.75) is 19.4 Å². The smallest absolute Gasteiger partial charge is 0.229 e. The number of phenolic OH excluding ortho intramolecular Hbond substituents is 2. The van der Waals surface area contributed by atoms with Gasteiger partial charge in [0.25, 0.3) is 0 Å². The van der Waals surface area contributed by atoms with Crippen LogP contribution in [0.3, 0.4) is 0 Å². The Bertz CT molecular complexity index is 1250. The van der Waals surface area contributed by atoms with Gasteiger partial charge >= 0.3 is 0 Å². The third kappa shape index (κ3) is 2.91. The second-order valence-electron chi connectivity index (χ2n) is 7.09. The van der Waals surface area contributed by atoms with Gasteiger partial charge < -0.3 is 24.3 Å². The number of nitrogens with zero attached hydrogens (tertiary/aromatic N) is 3. The van der Waals surface area contributed by atoms with Crippen LogP contribution in [0.1, 0.15) is 17.3 Å². The van der Waals surface area contributed by atoms with Crippen LogP contribution in [-0.2, 0) is 15.9 Å². The monoisotopic (exact) mass is 389 g/mol. The van der Waals surface area contributed by atoms with Gasteiger partial charge in [0.2, 0.25) is 6.79 Å². The standard InChI is InChI=1S/C22H19N3O4/c1-13-8-23-19-20(24-13)22(27)16-10-25(9-15(16)21(19)26)17(18-11-28-12-29-18)7-14-5-3-2-4-6-14/h2-6,8-11,17,26-27H,7,12H2,1H3. The first-order valence-electron chi connectivity index (χ1n) is 9.28. The largest absolute Gasteiger partial charge is 0.505 e. The van der Waals surface area contributed by atoms with Gasteiger partial charge in [-0.05, 0) is 12.5 Å². The van der Waals surface area contributed by atoms with E-state index in [4.69, 9.17) is 9.47 Å². The summed E-state index contributed by atoms with van der Waals surface area (Å²) in [6, 6.07) is 9.85. The van der Waals surface area contributed by atoms with E-state index in [-0.39, 0.29) is 35.4 Å². The number of hydrogen-bond acceptors (Lipinski definition) is 6. The fourth-order valence-electron chi connectivity index (χ4n) is 3.72. The summed E-state index contributed by atoms with van der Waals surface area (Å²) in [5.41, 5.74) is 2.35. The predicted octanol–water partition coefficient (Wildman–Crippen LogP) is 3.93. The molecule has 1 aliphatic rings. The van der Waals surface area contributed by atoms with Crippen LogP contribution in [0, 0.1) is 6.92 Å². The lowest BCUT2D eigenvalue weighted by Gasteiger charge is -2.19. The van der Waals surface area contributed by atoms with Crippen LogP contribution < -0.4 is 0 Å². The zero-order valence-corrected chi connectivity index (χ0v) is 15.7. The number of allylic oxidation sites excluding steroid dienone is 1. The van der Waals surface area contributed by atoms with Gasteiger partial charge in [0, 0.05) is 35.8 Å². The lowest BCUT2D eigenvalue weighted by atomic mass is 10.0. The summed E-state index contributed by atoms with van der Waals surface area (Å²) in [4.78, 5) is 8.60. The maximum absolute atomic E-state index is 10.8. The van der Waals surface area contributed by atoms with Crippen LogP contribution >= 0.6 is 0 Å². The maximum atomic E-state index is 10.8. The number of aromatic nitrogens is 3.